The van der Waals surface area contributed by atoms with E-state index in [0.717, 1.165) is 6.42 Å². The van der Waals surface area contributed by atoms with Crippen LogP contribution in [0.3, 0.4) is 0 Å². The summed E-state index contributed by atoms with van der Waals surface area (Å²) in [5.74, 6) is -0.520. The zero-order valence-corrected chi connectivity index (χ0v) is 12.9. The Labute approximate surface area is 116 Å². The monoisotopic (exact) mass is 272 g/mol. The molecule has 5 nitrogen and oxygen atoms in total. The Hall–Kier alpha value is -1.26. The van der Waals surface area contributed by atoms with E-state index < -0.39 is 12.0 Å². The summed E-state index contributed by atoms with van der Waals surface area (Å²) in [4.78, 5) is 22.7. The molecule has 0 aromatic carbocycles. The Kier molecular flexibility index (Phi) is 6.87. The van der Waals surface area contributed by atoms with Gasteiger partial charge in [-0.2, -0.15) is 0 Å². The van der Waals surface area contributed by atoms with E-state index in [4.69, 9.17) is 5.11 Å². The molecule has 0 fully saturated rings. The highest BCUT2D eigenvalue weighted by molar-refractivity contribution is 5.76. The van der Waals surface area contributed by atoms with Gasteiger partial charge in [0.2, 0.25) is 0 Å². The molecule has 2 amide bonds. The molecule has 0 heterocycles. The van der Waals surface area contributed by atoms with Crippen molar-refractivity contribution in [3.8, 4) is 0 Å². The van der Waals surface area contributed by atoms with Crippen LogP contribution in [-0.4, -0.2) is 29.2 Å². The average molecular weight is 272 g/mol. The van der Waals surface area contributed by atoms with Crippen LogP contribution in [0.5, 0.6) is 0 Å². The lowest BCUT2D eigenvalue weighted by atomic mass is 9.85. The summed E-state index contributed by atoms with van der Waals surface area (Å²) in [6.45, 7) is 11.8. The van der Waals surface area contributed by atoms with E-state index in [1.165, 1.54) is 0 Å². The maximum absolute atomic E-state index is 11.9. The minimum Gasteiger partial charge on any atom is -0.481 e. The molecule has 0 spiro atoms. The van der Waals surface area contributed by atoms with Crippen molar-refractivity contribution in [1.82, 2.24) is 10.6 Å². The van der Waals surface area contributed by atoms with Gasteiger partial charge in [-0.05, 0) is 18.3 Å². The van der Waals surface area contributed by atoms with Crippen LogP contribution in [0.4, 0.5) is 4.79 Å². The molecule has 0 aromatic rings. The number of rotatable bonds is 6. The van der Waals surface area contributed by atoms with E-state index in [1.54, 1.807) is 0 Å². The molecule has 0 aliphatic heterocycles. The van der Waals surface area contributed by atoms with E-state index in [9.17, 15) is 9.59 Å². The van der Waals surface area contributed by atoms with Gasteiger partial charge in [0.05, 0.1) is 6.42 Å². The Bertz CT molecular complexity index is 310. The Morgan fingerprint density at radius 2 is 1.68 bits per heavy atom. The largest absolute Gasteiger partial charge is 0.481 e. The second kappa shape index (κ2) is 7.36. The van der Waals surface area contributed by atoms with E-state index in [2.05, 4.69) is 24.5 Å². The second-order valence-corrected chi connectivity index (χ2v) is 6.31. The van der Waals surface area contributed by atoms with Gasteiger partial charge < -0.3 is 15.7 Å². The molecule has 0 aromatic heterocycles. The van der Waals surface area contributed by atoms with Crippen LogP contribution in [0, 0.1) is 11.3 Å². The van der Waals surface area contributed by atoms with Crippen LogP contribution < -0.4 is 10.6 Å². The molecule has 0 radical (unpaired) electrons. The molecule has 3 N–H and O–H groups in total. The number of hydrogen-bond acceptors (Lipinski definition) is 2. The fraction of sp³-hybridized carbons (Fsp3) is 0.857. The van der Waals surface area contributed by atoms with E-state index in [0.29, 0.717) is 5.92 Å². The summed E-state index contributed by atoms with van der Waals surface area (Å²) in [7, 11) is 0. The van der Waals surface area contributed by atoms with Gasteiger partial charge in [0.15, 0.2) is 0 Å². The molecular weight excluding hydrogens is 244 g/mol. The summed E-state index contributed by atoms with van der Waals surface area (Å²) in [6, 6.07) is -0.626. The predicted molar refractivity (Wildman–Crippen MR) is 76.1 cm³/mol. The van der Waals surface area contributed by atoms with Crippen molar-refractivity contribution in [2.75, 3.05) is 0 Å². The average Bonchev–Trinajstić information content (AvgIpc) is 2.24. The molecule has 5 heteroatoms. The van der Waals surface area contributed by atoms with Crippen LogP contribution in [0.15, 0.2) is 0 Å². The zero-order valence-electron chi connectivity index (χ0n) is 12.9. The van der Waals surface area contributed by atoms with E-state index in [-0.39, 0.29) is 23.9 Å². The number of carboxylic acid groups (broad SMARTS) is 1. The van der Waals surface area contributed by atoms with Gasteiger partial charge in [-0.3, -0.25) is 4.79 Å². The molecule has 3 unspecified atom stereocenters. The third-order valence-corrected chi connectivity index (χ3v) is 3.59. The fourth-order valence-corrected chi connectivity index (χ4v) is 1.65. The van der Waals surface area contributed by atoms with Crippen molar-refractivity contribution >= 4 is 12.0 Å². The molecule has 0 rings (SSSR count). The van der Waals surface area contributed by atoms with Gasteiger partial charge in [0.1, 0.15) is 0 Å². The number of carbonyl (C=O) groups excluding carboxylic acids is 1. The number of carbonyl (C=O) groups is 2. The van der Waals surface area contributed by atoms with Crippen molar-refractivity contribution in [3.05, 3.63) is 0 Å². The number of aliphatic carboxylic acids is 1. The van der Waals surface area contributed by atoms with Crippen molar-refractivity contribution in [2.24, 2.45) is 11.3 Å². The highest BCUT2D eigenvalue weighted by atomic mass is 16.4. The molecule has 0 aliphatic rings. The number of amides is 2. The summed E-state index contributed by atoms with van der Waals surface area (Å²) < 4.78 is 0. The van der Waals surface area contributed by atoms with Crippen LogP contribution >= 0.6 is 0 Å². The minimum atomic E-state index is -0.907. The molecule has 0 aliphatic carbocycles. The lowest BCUT2D eigenvalue weighted by Crippen LogP contribution is -2.51. The number of hydrogen-bond donors (Lipinski definition) is 3. The van der Waals surface area contributed by atoms with Gasteiger partial charge in [0.25, 0.3) is 0 Å². The standard InChI is InChI=1S/C14H28N2O3/c1-7-9(2)10(3)15-13(19)16-11(8-12(17)18)14(4,5)6/h9-11H,7-8H2,1-6H3,(H,17,18)(H2,15,16,19). The zero-order chi connectivity index (χ0) is 15.2. The van der Waals surface area contributed by atoms with Gasteiger partial charge in [-0.15, -0.1) is 0 Å². The van der Waals surface area contributed by atoms with Gasteiger partial charge >= 0.3 is 12.0 Å². The highest BCUT2D eigenvalue weighted by Crippen LogP contribution is 2.21. The maximum Gasteiger partial charge on any atom is 0.315 e. The molecule has 19 heavy (non-hydrogen) atoms. The SMILES string of the molecule is CCC(C)C(C)NC(=O)NC(CC(=O)O)C(C)(C)C. The lowest BCUT2D eigenvalue weighted by Gasteiger charge is -2.31. The summed E-state index contributed by atoms with van der Waals surface area (Å²) in [6.07, 6.45) is 0.911. The quantitative estimate of drug-likeness (QED) is 0.695. The number of carboxylic acids is 1. The van der Waals surface area contributed by atoms with E-state index >= 15 is 0 Å². The third kappa shape index (κ3) is 7.03. The summed E-state index contributed by atoms with van der Waals surface area (Å²) in [5.41, 5.74) is -0.296. The Morgan fingerprint density at radius 3 is 2.05 bits per heavy atom. The van der Waals surface area contributed by atoms with Crippen LogP contribution in [-0.2, 0) is 4.79 Å². The van der Waals surface area contributed by atoms with Crippen LogP contribution in [0.1, 0.15) is 54.4 Å². The van der Waals surface area contributed by atoms with Crippen LogP contribution in [0.25, 0.3) is 0 Å². The first-order chi connectivity index (χ1) is 8.57. The first-order valence-corrected chi connectivity index (χ1v) is 6.86. The third-order valence-electron chi connectivity index (χ3n) is 3.59. The lowest BCUT2D eigenvalue weighted by molar-refractivity contribution is -0.138. The van der Waals surface area contributed by atoms with Crippen molar-refractivity contribution in [2.45, 2.75) is 66.5 Å². The van der Waals surface area contributed by atoms with Crippen molar-refractivity contribution in [1.29, 1.82) is 0 Å². The number of nitrogens with one attached hydrogen (secondary N) is 2. The first kappa shape index (κ1) is 17.7. The fourth-order valence-electron chi connectivity index (χ4n) is 1.65. The topological polar surface area (TPSA) is 78.4 Å². The Morgan fingerprint density at radius 1 is 1.16 bits per heavy atom. The maximum atomic E-state index is 11.9. The van der Waals surface area contributed by atoms with Gasteiger partial charge in [-0.25, -0.2) is 4.79 Å². The van der Waals surface area contributed by atoms with Gasteiger partial charge in [-0.1, -0.05) is 41.0 Å². The molecule has 0 bridgehead atoms. The smallest absolute Gasteiger partial charge is 0.315 e. The summed E-state index contributed by atoms with van der Waals surface area (Å²) >= 11 is 0. The van der Waals surface area contributed by atoms with Crippen molar-refractivity contribution in [3.63, 3.8) is 0 Å². The molecule has 0 saturated carbocycles. The summed E-state index contributed by atoms with van der Waals surface area (Å²) in [5, 5.41) is 14.5. The van der Waals surface area contributed by atoms with Gasteiger partial charge in [0, 0.05) is 12.1 Å². The molecular formula is C14H28N2O3. The molecule has 112 valence electrons. The molecule has 0 saturated heterocycles. The normalized spacial score (nSPS) is 16.3. The Balaban J connectivity index is 4.52. The predicted octanol–water partition coefficient (Wildman–Crippen LogP) is 2.61. The minimum absolute atomic E-state index is 0.0652. The van der Waals surface area contributed by atoms with Crippen LogP contribution in [0.2, 0.25) is 0 Å². The van der Waals surface area contributed by atoms with Crippen molar-refractivity contribution < 1.29 is 14.7 Å². The molecule has 3 atom stereocenters. The first-order valence-electron chi connectivity index (χ1n) is 6.86. The number of urea groups is 1. The van der Waals surface area contributed by atoms with E-state index in [1.807, 2.05) is 27.7 Å². The highest BCUT2D eigenvalue weighted by Gasteiger charge is 2.28. The second-order valence-electron chi connectivity index (χ2n) is 6.31.